The van der Waals surface area contributed by atoms with Crippen molar-refractivity contribution < 1.29 is 0 Å². The Morgan fingerprint density at radius 2 is 0.519 bits per heavy atom. The molecule has 486 valence electrons. The third-order valence-corrected chi connectivity index (χ3v) is 19.8. The second-order valence-corrected chi connectivity index (χ2v) is 26.2. The van der Waals surface area contributed by atoms with Gasteiger partial charge in [0.25, 0.3) is 0 Å². The van der Waals surface area contributed by atoms with E-state index in [1.165, 1.54) is 81.7 Å². The smallest absolute Gasteiger partial charge is 0.160 e. The minimum absolute atomic E-state index is 0.687. The van der Waals surface area contributed by atoms with Crippen LogP contribution >= 0.6 is 0 Å². The predicted molar refractivity (Wildman–Crippen MR) is 432 cm³/mol. The molecule has 0 fully saturated rings. The van der Waals surface area contributed by atoms with Crippen LogP contribution in [0.25, 0.3) is 188 Å². The van der Waals surface area contributed by atoms with Crippen LogP contribution in [-0.2, 0) is 0 Å². The van der Waals surface area contributed by atoms with Crippen molar-refractivity contribution in [3.8, 4) is 135 Å². The van der Waals surface area contributed by atoms with Gasteiger partial charge in [0.1, 0.15) is 0 Å². The lowest BCUT2D eigenvalue weighted by atomic mass is 9.92. The summed E-state index contributed by atoms with van der Waals surface area (Å²) in [6.07, 6.45) is 7.38. The summed E-state index contributed by atoms with van der Waals surface area (Å²) in [5.74, 6) is 1.37. The Hall–Kier alpha value is -13.9. The average Bonchev–Trinajstić information content (AvgIpc) is 0.760. The Bertz CT molecular complexity index is 6370. The van der Waals surface area contributed by atoms with E-state index in [-0.39, 0.29) is 0 Å². The summed E-state index contributed by atoms with van der Waals surface area (Å²) in [4.78, 5) is 29.4. The summed E-state index contributed by atoms with van der Waals surface area (Å²) in [6, 6.07) is 129. The van der Waals surface area contributed by atoms with E-state index < -0.39 is 0 Å². The molecule has 0 aliphatic heterocycles. The standard InChI is InChI=1S/C51H33N3.C47H31N3/c1-3-13-43-35(9-1)11-7-17-44(43)36-22-28-40(29-23-36)51-53-49(38-24-18-34(19-25-38)42-12-8-30-52-33-42)32-50(54-51)39-26-20-37(21-27-39)48-31-41-10-2-4-14-45(41)46-15-5-6-16-47(46)48;1-2-11-36-27-38(25-22-32(36)9-1)37-13-5-15-40(28-37)46-30-45(35-23-20-33(21-24-35)42-17-8-26-48-31-42)49-47(50-46)41-16-6-14-39(29-41)44-19-7-12-34-10-3-4-18-43(34)44/h1-33H;1-31H. The van der Waals surface area contributed by atoms with Crippen LogP contribution in [0.15, 0.2) is 389 Å². The third-order valence-electron chi connectivity index (χ3n) is 19.8. The first-order chi connectivity index (χ1) is 51.5. The molecule has 19 aromatic rings. The maximum Gasteiger partial charge on any atom is 0.160 e. The average molecular weight is 1330 g/mol. The zero-order valence-electron chi connectivity index (χ0n) is 56.6. The fourth-order valence-electron chi connectivity index (χ4n) is 14.4. The Balaban J connectivity index is 0.000000149. The van der Waals surface area contributed by atoms with Crippen LogP contribution in [0.3, 0.4) is 0 Å². The van der Waals surface area contributed by atoms with Crippen LogP contribution in [0, 0.1) is 0 Å². The van der Waals surface area contributed by atoms with Crippen molar-refractivity contribution in [2.45, 2.75) is 0 Å². The Morgan fingerprint density at radius 1 is 0.154 bits per heavy atom. The van der Waals surface area contributed by atoms with E-state index in [1.54, 1.807) is 12.4 Å². The molecule has 0 spiro atoms. The van der Waals surface area contributed by atoms with E-state index in [2.05, 4.69) is 362 Å². The summed E-state index contributed by atoms with van der Waals surface area (Å²) in [7, 11) is 0. The van der Waals surface area contributed by atoms with Crippen LogP contribution in [0.5, 0.6) is 0 Å². The molecule has 0 bridgehead atoms. The molecule has 19 rings (SSSR count). The molecule has 0 unspecified atom stereocenters. The lowest BCUT2D eigenvalue weighted by Crippen LogP contribution is -1.96. The van der Waals surface area contributed by atoms with Gasteiger partial charge in [0.2, 0.25) is 0 Å². The van der Waals surface area contributed by atoms with E-state index in [0.29, 0.717) is 11.6 Å². The molecular weight excluding hydrogens is 1260 g/mol. The highest BCUT2D eigenvalue weighted by molar-refractivity contribution is 6.14. The summed E-state index contributed by atoms with van der Waals surface area (Å²) >= 11 is 0. The molecule has 0 saturated carbocycles. The van der Waals surface area contributed by atoms with Gasteiger partial charge >= 0.3 is 0 Å². The van der Waals surface area contributed by atoms with Crippen molar-refractivity contribution in [3.63, 3.8) is 0 Å². The first-order valence-corrected chi connectivity index (χ1v) is 35.1. The van der Waals surface area contributed by atoms with Crippen molar-refractivity contribution >= 4 is 53.9 Å². The maximum atomic E-state index is 5.23. The second-order valence-electron chi connectivity index (χ2n) is 26.2. The van der Waals surface area contributed by atoms with Crippen molar-refractivity contribution in [3.05, 3.63) is 389 Å². The molecule has 6 heteroatoms. The van der Waals surface area contributed by atoms with Crippen LogP contribution in [0.2, 0.25) is 0 Å². The summed E-state index contributed by atoms with van der Waals surface area (Å²) in [5.41, 5.74) is 23.4. The van der Waals surface area contributed by atoms with Crippen LogP contribution < -0.4 is 0 Å². The summed E-state index contributed by atoms with van der Waals surface area (Å²) in [6.45, 7) is 0. The van der Waals surface area contributed by atoms with E-state index in [9.17, 15) is 0 Å². The zero-order valence-corrected chi connectivity index (χ0v) is 56.6. The number of nitrogens with zero attached hydrogens (tertiary/aromatic N) is 6. The van der Waals surface area contributed by atoms with Gasteiger partial charge in [-0.25, -0.2) is 19.9 Å². The SMILES string of the molecule is c1cncc(-c2ccc(-c3cc(-c4ccc(-c5cc6ccccc6c6ccccc56)cc4)nc(-c4ccc(-c5cccc6ccccc56)cc4)n3)cc2)c1.c1cncc(-c2ccc(-c3cc(-c4cccc(-c5ccc6ccccc6c5)c4)nc(-c4cccc(-c5cccc6ccccc56)c4)n3)cc2)c1. The molecule has 0 N–H and O–H groups in total. The topological polar surface area (TPSA) is 77.3 Å². The zero-order chi connectivity index (χ0) is 69.1. The highest BCUT2D eigenvalue weighted by Crippen LogP contribution is 2.40. The van der Waals surface area contributed by atoms with Gasteiger partial charge in [-0.05, 0) is 169 Å². The first kappa shape index (κ1) is 62.3. The first-order valence-electron chi connectivity index (χ1n) is 35.1. The van der Waals surface area contributed by atoms with E-state index in [1.807, 2.05) is 24.5 Å². The Kier molecular flexibility index (Phi) is 16.6. The number of hydrogen-bond donors (Lipinski definition) is 0. The van der Waals surface area contributed by atoms with E-state index in [0.717, 1.165) is 95.1 Å². The van der Waals surface area contributed by atoms with Crippen molar-refractivity contribution in [1.29, 1.82) is 0 Å². The Morgan fingerprint density at radius 3 is 1.09 bits per heavy atom. The third kappa shape index (κ3) is 12.6. The van der Waals surface area contributed by atoms with Crippen molar-refractivity contribution in [2.75, 3.05) is 0 Å². The summed E-state index contributed by atoms with van der Waals surface area (Å²) < 4.78 is 0. The number of hydrogen-bond acceptors (Lipinski definition) is 6. The normalized spacial score (nSPS) is 11.3. The highest BCUT2D eigenvalue weighted by Gasteiger charge is 2.18. The molecular formula is C98H64N6. The van der Waals surface area contributed by atoms with Gasteiger partial charge in [-0.15, -0.1) is 0 Å². The van der Waals surface area contributed by atoms with Gasteiger partial charge < -0.3 is 0 Å². The molecule has 0 aliphatic carbocycles. The molecule has 0 radical (unpaired) electrons. The largest absolute Gasteiger partial charge is 0.264 e. The predicted octanol–water partition coefficient (Wildman–Crippen LogP) is 25.5. The van der Waals surface area contributed by atoms with Crippen LogP contribution in [0.1, 0.15) is 0 Å². The lowest BCUT2D eigenvalue weighted by molar-refractivity contribution is 1.18. The van der Waals surface area contributed by atoms with Gasteiger partial charge in [-0.1, -0.05) is 315 Å². The number of benzene rings is 15. The lowest BCUT2D eigenvalue weighted by Gasteiger charge is -2.13. The molecule has 0 saturated heterocycles. The van der Waals surface area contributed by atoms with Crippen molar-refractivity contribution in [1.82, 2.24) is 29.9 Å². The van der Waals surface area contributed by atoms with E-state index in [4.69, 9.17) is 19.9 Å². The quantitative estimate of drug-likeness (QED) is 0.113. The number of pyridine rings is 2. The number of rotatable bonds is 12. The molecule has 4 heterocycles. The monoisotopic (exact) mass is 1320 g/mol. The molecule has 6 nitrogen and oxygen atoms in total. The van der Waals surface area contributed by atoms with Gasteiger partial charge in [0.15, 0.2) is 11.6 Å². The van der Waals surface area contributed by atoms with Crippen LogP contribution in [-0.4, -0.2) is 29.9 Å². The molecule has 4 aromatic heterocycles. The van der Waals surface area contributed by atoms with Gasteiger partial charge in [0.05, 0.1) is 22.8 Å². The van der Waals surface area contributed by atoms with Crippen molar-refractivity contribution in [2.24, 2.45) is 0 Å². The number of fused-ring (bicyclic) bond motifs is 6. The van der Waals surface area contributed by atoms with Crippen LogP contribution in [0.4, 0.5) is 0 Å². The number of aromatic nitrogens is 6. The second kappa shape index (κ2) is 27.6. The molecule has 0 atom stereocenters. The van der Waals surface area contributed by atoms with E-state index >= 15 is 0 Å². The van der Waals surface area contributed by atoms with Gasteiger partial charge in [0, 0.05) is 58.2 Å². The summed E-state index contributed by atoms with van der Waals surface area (Å²) in [5, 5.41) is 12.4. The van der Waals surface area contributed by atoms with Gasteiger partial charge in [-0.3, -0.25) is 9.97 Å². The molecule has 0 aliphatic rings. The van der Waals surface area contributed by atoms with Gasteiger partial charge in [-0.2, -0.15) is 0 Å². The molecule has 104 heavy (non-hydrogen) atoms. The minimum Gasteiger partial charge on any atom is -0.264 e. The fourth-order valence-corrected chi connectivity index (χ4v) is 14.4. The maximum absolute atomic E-state index is 5.23. The molecule has 0 amide bonds. The highest BCUT2D eigenvalue weighted by atomic mass is 14.9. The minimum atomic E-state index is 0.687. The molecule has 15 aromatic carbocycles. The Labute approximate surface area is 603 Å². The fraction of sp³-hybridized carbons (Fsp3) is 0.